The first kappa shape index (κ1) is 20.6. The fraction of sp³-hybridized carbons (Fsp3) is 0.360. The summed E-state index contributed by atoms with van der Waals surface area (Å²) in [6, 6.07) is 12.0. The number of para-hydroxylation sites is 1. The molecule has 32 heavy (non-hydrogen) atoms. The van der Waals surface area contributed by atoms with Crippen LogP contribution in [0.3, 0.4) is 0 Å². The summed E-state index contributed by atoms with van der Waals surface area (Å²) in [5.74, 6) is 1.69. The smallest absolute Gasteiger partial charge is 0.261 e. The molecule has 1 aliphatic heterocycles. The molecule has 166 valence electrons. The molecule has 0 radical (unpaired) electrons. The molecule has 0 unspecified atom stereocenters. The van der Waals surface area contributed by atoms with Crippen LogP contribution >= 0.6 is 0 Å². The van der Waals surface area contributed by atoms with E-state index >= 15 is 0 Å². The average Bonchev–Trinajstić information content (AvgIpc) is 3.27. The predicted octanol–water partition coefficient (Wildman–Crippen LogP) is 3.77. The van der Waals surface area contributed by atoms with Gasteiger partial charge in [-0.3, -0.25) is 9.36 Å². The molecule has 5 rings (SSSR count). The van der Waals surface area contributed by atoms with Crippen LogP contribution in [0.4, 0.5) is 0 Å². The molecule has 0 atom stereocenters. The van der Waals surface area contributed by atoms with Gasteiger partial charge in [-0.15, -0.1) is 0 Å². The zero-order valence-electron chi connectivity index (χ0n) is 18.5. The van der Waals surface area contributed by atoms with Crippen molar-refractivity contribution in [1.29, 1.82) is 0 Å². The van der Waals surface area contributed by atoms with Crippen LogP contribution in [0.15, 0.2) is 53.7 Å². The summed E-state index contributed by atoms with van der Waals surface area (Å²) >= 11 is 0. The number of aromatic nitrogens is 3. The van der Waals surface area contributed by atoms with Gasteiger partial charge in [-0.25, -0.2) is 4.98 Å². The number of benzene rings is 2. The second-order valence-electron chi connectivity index (χ2n) is 8.37. The highest BCUT2D eigenvalue weighted by Gasteiger charge is 2.22. The van der Waals surface area contributed by atoms with E-state index in [9.17, 15) is 4.79 Å². The maximum atomic E-state index is 13.0. The third kappa shape index (κ3) is 3.73. The molecule has 2 aromatic heterocycles. The highest BCUT2D eigenvalue weighted by Crippen LogP contribution is 2.33. The van der Waals surface area contributed by atoms with Gasteiger partial charge in [0.05, 0.1) is 31.4 Å². The van der Waals surface area contributed by atoms with Crippen LogP contribution in [0.5, 0.6) is 11.5 Å². The molecular formula is C25H28N4O3. The lowest BCUT2D eigenvalue weighted by Crippen LogP contribution is -2.36. The van der Waals surface area contributed by atoms with Gasteiger partial charge in [-0.2, -0.15) is 0 Å². The fourth-order valence-electron chi connectivity index (χ4n) is 4.79. The number of hydrogen-bond acceptors (Lipinski definition) is 5. The molecule has 0 aliphatic carbocycles. The normalized spacial score (nSPS) is 15.4. The Balaban J connectivity index is 1.25. The molecule has 1 saturated heterocycles. The molecule has 1 N–H and O–H groups in total. The summed E-state index contributed by atoms with van der Waals surface area (Å²) in [4.78, 5) is 23.3. The molecule has 7 nitrogen and oxygen atoms in total. The minimum absolute atomic E-state index is 0.0513. The summed E-state index contributed by atoms with van der Waals surface area (Å²) in [6.45, 7) is 3.52. The van der Waals surface area contributed by atoms with Crippen molar-refractivity contribution < 1.29 is 9.47 Å². The number of nitrogens with zero attached hydrogens (tertiary/aromatic N) is 3. The number of likely N-dealkylation sites (tertiary alicyclic amines) is 1. The van der Waals surface area contributed by atoms with Crippen LogP contribution in [-0.2, 0) is 6.54 Å². The Labute approximate surface area is 186 Å². The van der Waals surface area contributed by atoms with Crippen molar-refractivity contribution in [3.05, 3.63) is 64.8 Å². The number of hydrogen-bond donors (Lipinski definition) is 1. The van der Waals surface area contributed by atoms with Crippen molar-refractivity contribution in [1.82, 2.24) is 19.4 Å². The van der Waals surface area contributed by atoms with Gasteiger partial charge >= 0.3 is 0 Å². The third-order valence-corrected chi connectivity index (χ3v) is 6.64. The first-order valence-electron chi connectivity index (χ1n) is 11.1. The SMILES string of the molecule is COc1cc2ncn(CCN3CCC(c4c[nH]c5ccccc45)CC3)c(=O)c2cc1OC. The Morgan fingerprint density at radius 3 is 2.56 bits per heavy atom. The van der Waals surface area contributed by atoms with E-state index in [-0.39, 0.29) is 5.56 Å². The van der Waals surface area contributed by atoms with Crippen LogP contribution < -0.4 is 15.0 Å². The zero-order valence-corrected chi connectivity index (χ0v) is 18.5. The molecule has 3 heterocycles. The largest absolute Gasteiger partial charge is 0.493 e. The monoisotopic (exact) mass is 432 g/mol. The minimum Gasteiger partial charge on any atom is -0.493 e. The lowest BCUT2D eigenvalue weighted by Gasteiger charge is -2.32. The number of aromatic amines is 1. The van der Waals surface area contributed by atoms with Gasteiger partial charge in [0.15, 0.2) is 11.5 Å². The average molecular weight is 433 g/mol. The van der Waals surface area contributed by atoms with Crippen LogP contribution in [0.25, 0.3) is 21.8 Å². The maximum Gasteiger partial charge on any atom is 0.261 e. The summed E-state index contributed by atoms with van der Waals surface area (Å²) in [5.41, 5.74) is 3.20. The summed E-state index contributed by atoms with van der Waals surface area (Å²) in [5, 5.41) is 1.88. The predicted molar refractivity (Wildman–Crippen MR) is 126 cm³/mol. The first-order valence-corrected chi connectivity index (χ1v) is 11.1. The zero-order chi connectivity index (χ0) is 22.1. The van der Waals surface area contributed by atoms with E-state index in [1.165, 1.54) is 16.5 Å². The van der Waals surface area contributed by atoms with Crippen molar-refractivity contribution in [3.8, 4) is 11.5 Å². The van der Waals surface area contributed by atoms with Gasteiger partial charge in [-0.1, -0.05) is 18.2 Å². The molecule has 1 aliphatic rings. The van der Waals surface area contributed by atoms with Crippen molar-refractivity contribution in [3.63, 3.8) is 0 Å². The quantitative estimate of drug-likeness (QED) is 0.502. The Kier molecular flexibility index (Phi) is 5.57. The number of ether oxygens (including phenoxy) is 2. The lowest BCUT2D eigenvalue weighted by atomic mass is 9.89. The molecule has 0 amide bonds. The second-order valence-corrected chi connectivity index (χ2v) is 8.37. The Morgan fingerprint density at radius 1 is 1.03 bits per heavy atom. The van der Waals surface area contributed by atoms with Gasteiger partial charge < -0.3 is 19.4 Å². The number of fused-ring (bicyclic) bond motifs is 2. The summed E-state index contributed by atoms with van der Waals surface area (Å²) in [7, 11) is 3.14. The molecular weight excluding hydrogens is 404 g/mol. The number of methoxy groups -OCH3 is 2. The second kappa shape index (κ2) is 8.67. The van der Waals surface area contributed by atoms with E-state index in [0.717, 1.165) is 32.5 Å². The topological polar surface area (TPSA) is 72.4 Å². The summed E-state index contributed by atoms with van der Waals surface area (Å²) < 4.78 is 12.4. The van der Waals surface area contributed by atoms with E-state index < -0.39 is 0 Å². The fourth-order valence-corrected chi connectivity index (χ4v) is 4.79. The van der Waals surface area contributed by atoms with Gasteiger partial charge in [0.1, 0.15) is 0 Å². The van der Waals surface area contributed by atoms with Gasteiger partial charge in [0, 0.05) is 36.3 Å². The minimum atomic E-state index is -0.0513. The molecule has 2 aromatic carbocycles. The number of rotatable bonds is 6. The third-order valence-electron chi connectivity index (χ3n) is 6.64. The van der Waals surface area contributed by atoms with Crippen LogP contribution in [0.2, 0.25) is 0 Å². The molecule has 1 fully saturated rings. The van der Waals surface area contributed by atoms with Gasteiger partial charge in [-0.05, 0) is 49.5 Å². The lowest BCUT2D eigenvalue weighted by molar-refractivity contribution is 0.205. The van der Waals surface area contributed by atoms with E-state index in [2.05, 4.69) is 45.3 Å². The maximum absolute atomic E-state index is 13.0. The molecule has 0 bridgehead atoms. The van der Waals surface area contributed by atoms with E-state index in [1.807, 2.05) is 0 Å². The summed E-state index contributed by atoms with van der Waals surface area (Å²) in [6.07, 6.45) is 6.07. The highest BCUT2D eigenvalue weighted by molar-refractivity contribution is 5.83. The van der Waals surface area contributed by atoms with Crippen LogP contribution in [-0.4, -0.2) is 53.3 Å². The number of H-pyrrole nitrogens is 1. The van der Waals surface area contributed by atoms with Crippen molar-refractivity contribution in [2.75, 3.05) is 33.9 Å². The van der Waals surface area contributed by atoms with E-state index in [4.69, 9.17) is 9.47 Å². The highest BCUT2D eigenvalue weighted by atomic mass is 16.5. The standard InChI is InChI=1S/C25H28N4O3/c1-31-23-13-19-22(14-24(23)32-2)27-16-29(25(19)30)12-11-28-9-7-17(8-10-28)20-15-26-21-6-4-3-5-18(20)21/h3-6,13-17,26H,7-12H2,1-2H3. The van der Waals surface area contributed by atoms with Crippen molar-refractivity contribution in [2.45, 2.75) is 25.3 Å². The number of piperidine rings is 1. The molecule has 0 saturated carbocycles. The van der Waals surface area contributed by atoms with Crippen LogP contribution in [0, 0.1) is 0 Å². The van der Waals surface area contributed by atoms with E-state index in [1.54, 1.807) is 37.2 Å². The van der Waals surface area contributed by atoms with Gasteiger partial charge in [0.25, 0.3) is 5.56 Å². The Bertz CT molecular complexity index is 1300. The number of nitrogens with one attached hydrogen (secondary N) is 1. The first-order chi connectivity index (χ1) is 15.7. The molecule has 7 heteroatoms. The Morgan fingerprint density at radius 2 is 1.78 bits per heavy atom. The molecule has 4 aromatic rings. The van der Waals surface area contributed by atoms with E-state index in [0.29, 0.717) is 34.9 Å². The van der Waals surface area contributed by atoms with Crippen molar-refractivity contribution in [2.24, 2.45) is 0 Å². The molecule has 0 spiro atoms. The van der Waals surface area contributed by atoms with Crippen LogP contribution in [0.1, 0.15) is 24.3 Å². The Hall–Kier alpha value is -3.32. The van der Waals surface area contributed by atoms with Crippen molar-refractivity contribution >= 4 is 21.8 Å². The van der Waals surface area contributed by atoms with Gasteiger partial charge in [0.2, 0.25) is 0 Å².